The number of nitrogens with one attached hydrogen (secondary N) is 1. The summed E-state index contributed by atoms with van der Waals surface area (Å²) in [5.41, 5.74) is 2.79. The first kappa shape index (κ1) is 17.0. The molecule has 2 aromatic rings. The molecule has 0 aromatic heterocycles. The van der Waals surface area contributed by atoms with Crippen molar-refractivity contribution in [3.8, 4) is 0 Å². The van der Waals surface area contributed by atoms with Crippen molar-refractivity contribution in [2.24, 2.45) is 0 Å². The lowest BCUT2D eigenvalue weighted by Gasteiger charge is -2.39. The number of carbonyl (C=O) groups is 2. The lowest BCUT2D eigenvalue weighted by Crippen LogP contribution is -2.47. The molecule has 2 aromatic carbocycles. The largest absolute Gasteiger partial charge is 0.459 e. The zero-order chi connectivity index (χ0) is 17.8. The minimum Gasteiger partial charge on any atom is -0.459 e. The Labute approximate surface area is 147 Å². The number of amides is 1. The van der Waals surface area contributed by atoms with E-state index in [4.69, 9.17) is 4.74 Å². The third kappa shape index (κ3) is 3.50. The molecule has 0 bridgehead atoms. The third-order valence-electron chi connectivity index (χ3n) is 4.37. The molecule has 1 heterocycles. The van der Waals surface area contributed by atoms with Crippen molar-refractivity contribution in [2.75, 3.05) is 16.8 Å². The molecule has 0 saturated carbocycles. The molecule has 0 aliphatic carbocycles. The van der Waals surface area contributed by atoms with E-state index in [9.17, 15) is 9.59 Å². The second-order valence-corrected chi connectivity index (χ2v) is 6.10. The van der Waals surface area contributed by atoms with Gasteiger partial charge in [-0.15, -0.1) is 0 Å². The molecule has 5 heteroatoms. The number of benzene rings is 2. The molecule has 25 heavy (non-hydrogen) atoms. The van der Waals surface area contributed by atoms with Crippen molar-refractivity contribution in [1.82, 2.24) is 0 Å². The van der Waals surface area contributed by atoms with E-state index >= 15 is 0 Å². The van der Waals surface area contributed by atoms with Crippen molar-refractivity contribution in [3.05, 3.63) is 60.2 Å². The SMILES string of the molecule is CCOC(=O)C(=O)N1c2ccccc2[C@@H](Nc2ccccc2)C[C@@H]1C. The number of carbonyl (C=O) groups excluding carboxylic acids is 2. The second-order valence-electron chi connectivity index (χ2n) is 6.10. The van der Waals surface area contributed by atoms with E-state index in [2.05, 4.69) is 5.32 Å². The van der Waals surface area contributed by atoms with Crippen LogP contribution < -0.4 is 10.2 Å². The van der Waals surface area contributed by atoms with Gasteiger partial charge in [0.15, 0.2) is 0 Å². The van der Waals surface area contributed by atoms with Gasteiger partial charge in [-0.2, -0.15) is 0 Å². The number of hydrogen-bond donors (Lipinski definition) is 1. The Hall–Kier alpha value is -2.82. The molecular weight excluding hydrogens is 316 g/mol. The minimum absolute atomic E-state index is 0.0693. The van der Waals surface area contributed by atoms with Gasteiger partial charge in [-0.1, -0.05) is 36.4 Å². The molecular formula is C20H22N2O3. The Kier molecular flexibility index (Phi) is 5.03. The highest BCUT2D eigenvalue weighted by Gasteiger charge is 2.36. The maximum atomic E-state index is 12.6. The first-order valence-electron chi connectivity index (χ1n) is 8.52. The summed E-state index contributed by atoms with van der Waals surface area (Å²) in [6, 6.07) is 17.6. The number of anilines is 2. The van der Waals surface area contributed by atoms with E-state index in [0.717, 1.165) is 16.9 Å². The summed E-state index contributed by atoms with van der Waals surface area (Å²) in [6.07, 6.45) is 0.705. The average molecular weight is 338 g/mol. The molecule has 3 rings (SSSR count). The van der Waals surface area contributed by atoms with Gasteiger partial charge in [-0.25, -0.2) is 4.79 Å². The van der Waals surface area contributed by atoms with Crippen LogP contribution in [0.5, 0.6) is 0 Å². The van der Waals surface area contributed by atoms with Gasteiger partial charge in [0.05, 0.1) is 12.6 Å². The van der Waals surface area contributed by atoms with Gasteiger partial charge in [-0.05, 0) is 44.0 Å². The summed E-state index contributed by atoms with van der Waals surface area (Å²) in [7, 11) is 0. The van der Waals surface area contributed by atoms with Gasteiger partial charge in [0, 0.05) is 17.4 Å². The standard InChI is InChI=1S/C20H22N2O3/c1-3-25-20(24)19(23)22-14(2)13-17(16-11-7-8-12-18(16)22)21-15-9-5-4-6-10-15/h4-12,14,17,21H,3,13H2,1-2H3/t14-,17-/m0/s1. The van der Waals surface area contributed by atoms with E-state index in [0.29, 0.717) is 6.42 Å². The molecule has 130 valence electrons. The Balaban J connectivity index is 1.92. The van der Waals surface area contributed by atoms with E-state index in [1.54, 1.807) is 11.8 Å². The first-order chi connectivity index (χ1) is 12.1. The quantitative estimate of drug-likeness (QED) is 0.687. The fraction of sp³-hybridized carbons (Fsp3) is 0.300. The van der Waals surface area contributed by atoms with Crippen molar-refractivity contribution < 1.29 is 14.3 Å². The zero-order valence-electron chi connectivity index (χ0n) is 14.4. The Morgan fingerprint density at radius 3 is 2.52 bits per heavy atom. The van der Waals surface area contributed by atoms with Crippen LogP contribution in [0.15, 0.2) is 54.6 Å². The van der Waals surface area contributed by atoms with E-state index < -0.39 is 11.9 Å². The number of nitrogens with zero attached hydrogens (tertiary/aromatic N) is 1. The van der Waals surface area contributed by atoms with Crippen LogP contribution in [-0.2, 0) is 14.3 Å². The predicted octanol–water partition coefficient (Wildman–Crippen LogP) is 3.53. The highest BCUT2D eigenvalue weighted by Crippen LogP contribution is 2.38. The monoisotopic (exact) mass is 338 g/mol. The van der Waals surface area contributed by atoms with Crippen molar-refractivity contribution in [3.63, 3.8) is 0 Å². The summed E-state index contributed by atoms with van der Waals surface area (Å²) >= 11 is 0. The molecule has 0 fully saturated rings. The number of ether oxygens (including phenoxy) is 1. The van der Waals surface area contributed by atoms with Crippen LogP contribution in [0.2, 0.25) is 0 Å². The molecule has 0 unspecified atom stereocenters. The third-order valence-corrected chi connectivity index (χ3v) is 4.37. The summed E-state index contributed by atoms with van der Waals surface area (Å²) < 4.78 is 4.90. The predicted molar refractivity (Wildman–Crippen MR) is 97.4 cm³/mol. The lowest BCUT2D eigenvalue weighted by atomic mass is 9.91. The number of fused-ring (bicyclic) bond motifs is 1. The van der Waals surface area contributed by atoms with E-state index in [1.807, 2.05) is 61.5 Å². The molecule has 5 nitrogen and oxygen atoms in total. The van der Waals surface area contributed by atoms with Crippen LogP contribution in [-0.4, -0.2) is 24.5 Å². The van der Waals surface area contributed by atoms with Crippen LogP contribution in [0.3, 0.4) is 0 Å². The lowest BCUT2D eigenvalue weighted by molar-refractivity contribution is -0.153. The summed E-state index contributed by atoms with van der Waals surface area (Å²) in [5, 5.41) is 3.53. The molecule has 0 spiro atoms. The summed E-state index contributed by atoms with van der Waals surface area (Å²) in [4.78, 5) is 26.1. The number of rotatable bonds is 3. The van der Waals surface area contributed by atoms with Crippen LogP contribution in [0.25, 0.3) is 0 Å². The van der Waals surface area contributed by atoms with Gasteiger partial charge in [0.25, 0.3) is 0 Å². The van der Waals surface area contributed by atoms with Gasteiger partial charge < -0.3 is 10.1 Å². The fourth-order valence-electron chi connectivity index (χ4n) is 3.29. The van der Waals surface area contributed by atoms with Crippen LogP contribution in [0.4, 0.5) is 11.4 Å². The molecule has 0 radical (unpaired) electrons. The van der Waals surface area contributed by atoms with Gasteiger partial charge in [0.1, 0.15) is 0 Å². The highest BCUT2D eigenvalue weighted by atomic mass is 16.5. The van der Waals surface area contributed by atoms with Crippen molar-refractivity contribution >= 4 is 23.3 Å². The Morgan fingerprint density at radius 1 is 1.12 bits per heavy atom. The van der Waals surface area contributed by atoms with E-state index in [-0.39, 0.29) is 18.7 Å². The molecule has 1 amide bonds. The van der Waals surface area contributed by atoms with Gasteiger partial charge >= 0.3 is 11.9 Å². The summed E-state index contributed by atoms with van der Waals surface area (Å²) in [6.45, 7) is 3.83. The first-order valence-corrected chi connectivity index (χ1v) is 8.52. The number of esters is 1. The molecule has 1 aliphatic rings. The van der Waals surface area contributed by atoms with Crippen molar-refractivity contribution in [2.45, 2.75) is 32.4 Å². The molecule has 1 aliphatic heterocycles. The average Bonchev–Trinajstić information content (AvgIpc) is 2.62. The zero-order valence-corrected chi connectivity index (χ0v) is 14.4. The molecule has 2 atom stereocenters. The topological polar surface area (TPSA) is 58.6 Å². The Morgan fingerprint density at radius 2 is 1.80 bits per heavy atom. The van der Waals surface area contributed by atoms with Gasteiger partial charge in [0.2, 0.25) is 0 Å². The maximum Gasteiger partial charge on any atom is 0.397 e. The van der Waals surface area contributed by atoms with Crippen LogP contribution in [0.1, 0.15) is 31.9 Å². The van der Waals surface area contributed by atoms with Crippen molar-refractivity contribution in [1.29, 1.82) is 0 Å². The van der Waals surface area contributed by atoms with Crippen LogP contribution >= 0.6 is 0 Å². The minimum atomic E-state index is -0.807. The van der Waals surface area contributed by atoms with Crippen LogP contribution in [0, 0.1) is 0 Å². The fourth-order valence-corrected chi connectivity index (χ4v) is 3.29. The molecule has 1 N–H and O–H groups in total. The maximum absolute atomic E-state index is 12.6. The highest BCUT2D eigenvalue weighted by molar-refractivity contribution is 6.38. The molecule has 0 saturated heterocycles. The van der Waals surface area contributed by atoms with Gasteiger partial charge in [-0.3, -0.25) is 9.69 Å². The normalized spacial score (nSPS) is 19.0. The number of para-hydroxylation sites is 2. The smallest absolute Gasteiger partial charge is 0.397 e. The Bertz CT molecular complexity index is 761. The second kappa shape index (κ2) is 7.38. The number of hydrogen-bond acceptors (Lipinski definition) is 4. The summed E-state index contributed by atoms with van der Waals surface area (Å²) in [5.74, 6) is -1.42. The van der Waals surface area contributed by atoms with E-state index in [1.165, 1.54) is 0 Å².